The second kappa shape index (κ2) is 5.82. The summed E-state index contributed by atoms with van der Waals surface area (Å²) in [5, 5.41) is 10.00. The van der Waals surface area contributed by atoms with E-state index in [9.17, 15) is 14.7 Å². The molecule has 4 rings (SSSR count). The van der Waals surface area contributed by atoms with Crippen LogP contribution in [-0.4, -0.2) is 29.1 Å². The second-order valence-electron chi connectivity index (χ2n) is 9.19. The number of esters is 1. The van der Waals surface area contributed by atoms with Gasteiger partial charge in [-0.2, -0.15) is 0 Å². The number of hydrogen-bond donors (Lipinski definition) is 1. The Bertz CT molecular complexity index is 544. The van der Waals surface area contributed by atoms with E-state index in [4.69, 9.17) is 4.74 Å². The molecule has 24 heavy (non-hydrogen) atoms. The summed E-state index contributed by atoms with van der Waals surface area (Å²) in [6, 6.07) is 0. The van der Waals surface area contributed by atoms with E-state index in [2.05, 4.69) is 6.92 Å². The Morgan fingerprint density at radius 2 is 1.88 bits per heavy atom. The number of ketones is 1. The number of carbonyl (C=O) groups excluding carboxylic acids is 2. The maximum Gasteiger partial charge on any atom is 0.303 e. The molecule has 0 amide bonds. The van der Waals surface area contributed by atoms with Crippen molar-refractivity contribution in [2.24, 2.45) is 35.0 Å². The molecule has 0 aromatic rings. The van der Waals surface area contributed by atoms with Crippen LogP contribution < -0.4 is 0 Å². The lowest BCUT2D eigenvalue weighted by Crippen LogP contribution is -2.49. The summed E-state index contributed by atoms with van der Waals surface area (Å²) < 4.78 is 5.47. The first-order valence-corrected chi connectivity index (χ1v) is 9.76. The van der Waals surface area contributed by atoms with E-state index < -0.39 is 6.10 Å². The van der Waals surface area contributed by atoms with Crippen molar-refractivity contribution in [3.8, 4) is 0 Å². The number of fused-ring (bicyclic) bond motifs is 4. The largest absolute Gasteiger partial charge is 0.454 e. The van der Waals surface area contributed by atoms with Gasteiger partial charge in [0.1, 0.15) is 0 Å². The third-order valence-electron chi connectivity index (χ3n) is 7.89. The van der Waals surface area contributed by atoms with Crippen LogP contribution in [0.15, 0.2) is 0 Å². The van der Waals surface area contributed by atoms with Crippen LogP contribution in [0.3, 0.4) is 0 Å². The zero-order chi connectivity index (χ0) is 17.1. The molecule has 0 aromatic carbocycles. The maximum atomic E-state index is 12.5. The van der Waals surface area contributed by atoms with Crippen LogP contribution in [0, 0.1) is 35.0 Å². The van der Waals surface area contributed by atoms with Crippen molar-refractivity contribution in [1.29, 1.82) is 0 Å². The molecule has 4 aliphatic carbocycles. The Morgan fingerprint density at radius 3 is 2.62 bits per heavy atom. The van der Waals surface area contributed by atoms with Crippen molar-refractivity contribution in [3.05, 3.63) is 0 Å². The van der Waals surface area contributed by atoms with Gasteiger partial charge in [0.25, 0.3) is 0 Å². The molecule has 0 heterocycles. The molecule has 0 saturated heterocycles. The molecular formula is C20H30O4. The normalized spacial score (nSPS) is 50.6. The highest BCUT2D eigenvalue weighted by Crippen LogP contribution is 2.61. The van der Waals surface area contributed by atoms with E-state index in [1.807, 2.05) is 0 Å². The molecule has 134 valence electrons. The number of ether oxygens (including phenoxy) is 1. The lowest BCUT2D eigenvalue weighted by Gasteiger charge is -2.54. The van der Waals surface area contributed by atoms with Gasteiger partial charge in [-0.1, -0.05) is 6.92 Å². The van der Waals surface area contributed by atoms with Gasteiger partial charge in [-0.25, -0.2) is 0 Å². The summed E-state index contributed by atoms with van der Waals surface area (Å²) in [7, 11) is 0. The fourth-order valence-corrected chi connectivity index (χ4v) is 6.82. The van der Waals surface area contributed by atoms with Gasteiger partial charge in [0, 0.05) is 18.8 Å². The van der Waals surface area contributed by atoms with Gasteiger partial charge in [-0.3, -0.25) is 9.59 Å². The van der Waals surface area contributed by atoms with E-state index in [1.165, 1.54) is 19.8 Å². The zero-order valence-electron chi connectivity index (χ0n) is 14.9. The minimum atomic E-state index is -0.521. The number of hydrogen-bond acceptors (Lipinski definition) is 4. The number of aliphatic hydroxyl groups excluding tert-OH is 1. The molecule has 0 aromatic heterocycles. The first-order valence-electron chi connectivity index (χ1n) is 9.76. The third-order valence-corrected chi connectivity index (χ3v) is 7.89. The first-order chi connectivity index (χ1) is 11.4. The topological polar surface area (TPSA) is 63.6 Å². The third kappa shape index (κ3) is 2.53. The summed E-state index contributed by atoms with van der Waals surface area (Å²) >= 11 is 0. The molecule has 1 N–H and O–H groups in total. The van der Waals surface area contributed by atoms with Crippen LogP contribution in [-0.2, 0) is 14.3 Å². The molecule has 0 bridgehead atoms. The Balaban J connectivity index is 1.55. The SMILES string of the molecule is CC(=O)O[C@@H]1C(=O)C[C@@H]2C[C@H]3C(CC[C@H]4C[C@H](O)CCC43)C[C@]21C. The Hall–Kier alpha value is -0.900. The molecule has 4 saturated carbocycles. The van der Waals surface area contributed by atoms with Crippen LogP contribution in [0.2, 0.25) is 0 Å². The smallest absolute Gasteiger partial charge is 0.303 e. The summed E-state index contributed by atoms with van der Waals surface area (Å²) in [6.07, 6.45) is 7.60. The highest BCUT2D eigenvalue weighted by Gasteiger charge is 2.59. The van der Waals surface area contributed by atoms with Crippen LogP contribution in [0.25, 0.3) is 0 Å². The molecule has 4 heteroatoms. The lowest BCUT2D eigenvalue weighted by atomic mass is 9.51. The minimum absolute atomic E-state index is 0.0990. The van der Waals surface area contributed by atoms with Crippen molar-refractivity contribution in [3.63, 3.8) is 0 Å². The Labute approximate surface area is 144 Å². The van der Waals surface area contributed by atoms with E-state index in [1.54, 1.807) is 0 Å². The van der Waals surface area contributed by atoms with Crippen molar-refractivity contribution in [2.75, 3.05) is 0 Å². The average molecular weight is 334 g/mol. The van der Waals surface area contributed by atoms with E-state index >= 15 is 0 Å². The van der Waals surface area contributed by atoms with Gasteiger partial charge in [0.15, 0.2) is 11.9 Å². The molecule has 2 unspecified atom stereocenters. The molecule has 4 nitrogen and oxygen atoms in total. The molecule has 8 atom stereocenters. The number of carbonyl (C=O) groups is 2. The Kier molecular flexibility index (Phi) is 4.02. The quantitative estimate of drug-likeness (QED) is 0.748. The highest BCUT2D eigenvalue weighted by atomic mass is 16.5. The summed E-state index contributed by atoms with van der Waals surface area (Å²) in [4.78, 5) is 24.0. The van der Waals surface area contributed by atoms with E-state index in [0.717, 1.165) is 38.0 Å². The van der Waals surface area contributed by atoms with Crippen molar-refractivity contribution in [1.82, 2.24) is 0 Å². The van der Waals surface area contributed by atoms with Gasteiger partial charge in [0.05, 0.1) is 6.10 Å². The molecule has 4 aliphatic rings. The summed E-state index contributed by atoms with van der Waals surface area (Å²) in [5.74, 6) is 2.95. The number of rotatable bonds is 1. The molecule has 0 aliphatic heterocycles. The fraction of sp³-hybridized carbons (Fsp3) is 0.900. The first kappa shape index (κ1) is 16.6. The van der Waals surface area contributed by atoms with Crippen molar-refractivity contribution in [2.45, 2.75) is 77.4 Å². The van der Waals surface area contributed by atoms with Crippen molar-refractivity contribution >= 4 is 11.8 Å². The molecular weight excluding hydrogens is 304 g/mol. The van der Waals surface area contributed by atoms with Crippen molar-refractivity contribution < 1.29 is 19.4 Å². The second-order valence-corrected chi connectivity index (χ2v) is 9.19. The lowest BCUT2D eigenvalue weighted by molar-refractivity contribution is -0.162. The van der Waals surface area contributed by atoms with Gasteiger partial charge >= 0.3 is 5.97 Å². The number of Topliss-reactive ketones (excluding diaryl/α,β-unsaturated/α-hetero) is 1. The zero-order valence-corrected chi connectivity index (χ0v) is 14.9. The number of aliphatic hydroxyl groups is 1. The van der Waals surface area contributed by atoms with E-state index in [-0.39, 0.29) is 23.3 Å². The van der Waals surface area contributed by atoms with Gasteiger partial charge in [-0.05, 0) is 74.5 Å². The van der Waals surface area contributed by atoms with E-state index in [0.29, 0.717) is 30.1 Å². The molecule has 0 radical (unpaired) electrons. The minimum Gasteiger partial charge on any atom is -0.454 e. The van der Waals surface area contributed by atoms with Crippen LogP contribution in [0.5, 0.6) is 0 Å². The van der Waals surface area contributed by atoms with Gasteiger partial charge < -0.3 is 9.84 Å². The van der Waals surface area contributed by atoms with Gasteiger partial charge in [0.2, 0.25) is 0 Å². The predicted octanol–water partition coefficient (Wildman–Crippen LogP) is 3.11. The highest BCUT2D eigenvalue weighted by molar-refractivity contribution is 5.88. The Morgan fingerprint density at radius 1 is 1.12 bits per heavy atom. The van der Waals surface area contributed by atoms with Crippen LogP contribution >= 0.6 is 0 Å². The fourth-order valence-electron chi connectivity index (χ4n) is 6.82. The average Bonchev–Trinajstić information content (AvgIpc) is 2.75. The van der Waals surface area contributed by atoms with Crippen LogP contribution in [0.4, 0.5) is 0 Å². The summed E-state index contributed by atoms with van der Waals surface area (Å²) in [6.45, 7) is 3.59. The molecule has 0 spiro atoms. The van der Waals surface area contributed by atoms with Crippen LogP contribution in [0.1, 0.15) is 65.2 Å². The molecule has 4 fully saturated rings. The standard InChI is InChI=1S/C20H30O4/c1-11(21)24-19-18(23)9-14-8-17-13(10-20(14,19)2)4-3-12-7-15(22)5-6-16(12)17/h12-17,19,22H,3-10H2,1-2H3/t12-,13?,14-,15+,16?,17-,19+,20+/m0/s1. The maximum absolute atomic E-state index is 12.5. The monoisotopic (exact) mass is 334 g/mol. The van der Waals surface area contributed by atoms with Gasteiger partial charge in [-0.15, -0.1) is 0 Å². The predicted molar refractivity (Wildman–Crippen MR) is 89.1 cm³/mol. The summed E-state index contributed by atoms with van der Waals surface area (Å²) in [5.41, 5.74) is -0.162.